The molecule has 0 unspecified atom stereocenters. The lowest BCUT2D eigenvalue weighted by atomic mass is 9.91. The molecule has 1 amide bonds. The Labute approximate surface area is 207 Å². The Balaban J connectivity index is 1.61. The summed E-state index contributed by atoms with van der Waals surface area (Å²) in [5.74, 6) is 2.02. The Hall–Kier alpha value is -2.91. The molecule has 2 saturated heterocycles. The molecule has 0 aliphatic carbocycles. The quantitative estimate of drug-likeness (QED) is 0.391. The maximum atomic E-state index is 13.7. The van der Waals surface area contributed by atoms with E-state index >= 15 is 0 Å². The predicted molar refractivity (Wildman–Crippen MR) is 139 cm³/mol. The summed E-state index contributed by atoms with van der Waals surface area (Å²) in [5.41, 5.74) is 1.79. The van der Waals surface area contributed by atoms with Crippen LogP contribution >= 0.6 is 24.0 Å². The van der Waals surface area contributed by atoms with Crippen LogP contribution in [-0.2, 0) is 11.3 Å². The lowest BCUT2D eigenvalue weighted by Crippen LogP contribution is -2.40. The molecular formula is C25H26N4O3S2. The topological polar surface area (TPSA) is 71.1 Å². The summed E-state index contributed by atoms with van der Waals surface area (Å²) in [7, 11) is 0. The van der Waals surface area contributed by atoms with Gasteiger partial charge in [0.2, 0.25) is 0 Å². The number of carbonyl (C=O) groups excluding carboxylic acids is 1. The third-order valence-corrected chi connectivity index (χ3v) is 7.57. The number of hydrogen-bond acceptors (Lipinski definition) is 7. The van der Waals surface area contributed by atoms with Crippen LogP contribution in [0.25, 0.3) is 11.7 Å². The van der Waals surface area contributed by atoms with Crippen molar-refractivity contribution < 1.29 is 9.21 Å². The maximum Gasteiger partial charge on any atom is 0.267 e. The number of fused-ring (bicyclic) bond motifs is 1. The summed E-state index contributed by atoms with van der Waals surface area (Å²) in [6.45, 7) is 8.28. The van der Waals surface area contributed by atoms with Gasteiger partial charge in [-0.15, -0.1) is 0 Å². The Morgan fingerprint density at radius 3 is 2.68 bits per heavy atom. The van der Waals surface area contributed by atoms with E-state index < -0.39 is 0 Å². The fourth-order valence-corrected chi connectivity index (χ4v) is 6.01. The monoisotopic (exact) mass is 494 g/mol. The predicted octanol–water partition coefficient (Wildman–Crippen LogP) is 4.48. The van der Waals surface area contributed by atoms with Gasteiger partial charge in [-0.05, 0) is 55.0 Å². The van der Waals surface area contributed by atoms with Crippen molar-refractivity contribution in [3.05, 3.63) is 68.9 Å². The Kier molecular flexibility index (Phi) is 6.07. The molecule has 176 valence electrons. The van der Waals surface area contributed by atoms with Crippen molar-refractivity contribution >= 4 is 51.7 Å². The second-order valence-electron chi connectivity index (χ2n) is 9.29. The molecule has 2 fully saturated rings. The van der Waals surface area contributed by atoms with Crippen molar-refractivity contribution in [1.82, 2.24) is 14.3 Å². The number of rotatable bonds is 4. The van der Waals surface area contributed by atoms with Crippen LogP contribution in [0, 0.1) is 18.8 Å². The summed E-state index contributed by atoms with van der Waals surface area (Å²) in [5, 5.41) is 0. The van der Waals surface area contributed by atoms with Crippen molar-refractivity contribution in [3.63, 3.8) is 0 Å². The normalized spacial score (nSPS) is 22.4. The van der Waals surface area contributed by atoms with Crippen LogP contribution in [-0.4, -0.2) is 37.6 Å². The smallest absolute Gasteiger partial charge is 0.267 e. The fourth-order valence-electron chi connectivity index (χ4n) is 4.78. The van der Waals surface area contributed by atoms with Gasteiger partial charge in [0.25, 0.3) is 11.5 Å². The molecule has 5 rings (SSSR count). The fraction of sp³-hybridized carbons (Fsp3) is 0.360. The standard InChI is InChI=1S/C25H26N4O3S2/c1-15-6-7-21-26-22(27-11-16(2)9-17(3)12-27)19(23(30)28(21)13-15)10-20-24(31)29(25(33)34-20)14-18-5-4-8-32-18/h4-8,10,13,16-17H,9,11-12,14H2,1-3H3/b20-10-/t16-,17-/m0/s1. The van der Waals surface area contributed by atoms with Gasteiger partial charge < -0.3 is 9.32 Å². The number of thioether (sulfide) groups is 1. The molecule has 0 radical (unpaired) electrons. The molecule has 3 aromatic heterocycles. The highest BCUT2D eigenvalue weighted by atomic mass is 32.2. The molecule has 0 spiro atoms. The first-order valence-corrected chi connectivity index (χ1v) is 12.6. The van der Waals surface area contributed by atoms with Gasteiger partial charge in [-0.2, -0.15) is 0 Å². The number of anilines is 1. The van der Waals surface area contributed by atoms with Gasteiger partial charge in [0, 0.05) is 19.3 Å². The Morgan fingerprint density at radius 2 is 1.97 bits per heavy atom. The third kappa shape index (κ3) is 4.30. The van der Waals surface area contributed by atoms with Gasteiger partial charge in [-0.1, -0.05) is 43.9 Å². The first-order chi connectivity index (χ1) is 16.3. The highest BCUT2D eigenvalue weighted by Crippen LogP contribution is 2.35. The number of amides is 1. The zero-order chi connectivity index (χ0) is 24.0. The number of nitrogens with zero attached hydrogens (tertiary/aromatic N) is 4. The summed E-state index contributed by atoms with van der Waals surface area (Å²) < 4.78 is 7.39. The van der Waals surface area contributed by atoms with E-state index in [1.807, 2.05) is 19.1 Å². The molecule has 9 heteroatoms. The zero-order valence-corrected chi connectivity index (χ0v) is 21.0. The van der Waals surface area contributed by atoms with Crippen LogP contribution in [0.2, 0.25) is 0 Å². The molecule has 2 aliphatic rings. The average molecular weight is 495 g/mol. The molecule has 34 heavy (non-hydrogen) atoms. The van der Waals surface area contributed by atoms with Gasteiger partial charge in [0.1, 0.15) is 21.5 Å². The number of hydrogen-bond donors (Lipinski definition) is 0. The highest BCUT2D eigenvalue weighted by Gasteiger charge is 2.34. The molecule has 0 aromatic carbocycles. The Morgan fingerprint density at radius 1 is 1.21 bits per heavy atom. The third-order valence-electron chi connectivity index (χ3n) is 6.20. The molecule has 2 atom stereocenters. The summed E-state index contributed by atoms with van der Waals surface area (Å²) in [6, 6.07) is 7.40. The number of carbonyl (C=O) groups is 1. The molecular weight excluding hydrogens is 468 g/mol. The molecule has 0 saturated carbocycles. The second kappa shape index (κ2) is 9.03. The van der Waals surface area contributed by atoms with Crippen molar-refractivity contribution in [2.45, 2.75) is 33.7 Å². The van der Waals surface area contributed by atoms with E-state index in [0.29, 0.717) is 43.9 Å². The first kappa shape index (κ1) is 22.9. The Bertz CT molecular complexity index is 1350. The molecule has 0 N–H and O–H groups in total. The second-order valence-corrected chi connectivity index (χ2v) is 11.0. The number of aryl methyl sites for hydroxylation is 1. The zero-order valence-electron chi connectivity index (χ0n) is 19.4. The molecule has 5 heterocycles. The van der Waals surface area contributed by atoms with Crippen molar-refractivity contribution in [3.8, 4) is 0 Å². The van der Waals surface area contributed by atoms with Gasteiger partial charge in [-0.25, -0.2) is 4.98 Å². The van der Waals surface area contributed by atoms with Gasteiger partial charge >= 0.3 is 0 Å². The number of furan rings is 1. The molecule has 0 bridgehead atoms. The lowest BCUT2D eigenvalue weighted by Gasteiger charge is -2.36. The minimum Gasteiger partial charge on any atom is -0.467 e. The van der Waals surface area contributed by atoms with E-state index in [1.165, 1.54) is 16.7 Å². The lowest BCUT2D eigenvalue weighted by molar-refractivity contribution is -0.122. The van der Waals surface area contributed by atoms with Crippen LogP contribution in [0.15, 0.2) is 50.8 Å². The van der Waals surface area contributed by atoms with Gasteiger partial charge in [0.05, 0.1) is 23.3 Å². The van der Waals surface area contributed by atoms with Crippen LogP contribution < -0.4 is 10.5 Å². The molecule has 3 aromatic rings. The minimum absolute atomic E-state index is 0.189. The number of aromatic nitrogens is 2. The van der Waals surface area contributed by atoms with E-state index in [1.54, 1.807) is 35.1 Å². The van der Waals surface area contributed by atoms with E-state index in [4.69, 9.17) is 21.6 Å². The van der Waals surface area contributed by atoms with Crippen LogP contribution in [0.5, 0.6) is 0 Å². The van der Waals surface area contributed by atoms with Gasteiger partial charge in [0.15, 0.2) is 0 Å². The van der Waals surface area contributed by atoms with Crippen LogP contribution in [0.3, 0.4) is 0 Å². The summed E-state index contributed by atoms with van der Waals surface area (Å²) in [6.07, 6.45) is 6.17. The average Bonchev–Trinajstić information content (AvgIpc) is 3.39. The van der Waals surface area contributed by atoms with E-state index in [0.717, 1.165) is 25.1 Å². The largest absolute Gasteiger partial charge is 0.467 e. The maximum absolute atomic E-state index is 13.7. The summed E-state index contributed by atoms with van der Waals surface area (Å²) in [4.78, 5) is 35.9. The van der Waals surface area contributed by atoms with Crippen molar-refractivity contribution in [2.24, 2.45) is 11.8 Å². The van der Waals surface area contributed by atoms with E-state index in [-0.39, 0.29) is 18.0 Å². The molecule has 2 aliphatic heterocycles. The van der Waals surface area contributed by atoms with E-state index in [2.05, 4.69) is 18.7 Å². The number of thiocarbonyl (C=S) groups is 1. The minimum atomic E-state index is -0.230. The van der Waals surface area contributed by atoms with Crippen LogP contribution in [0.1, 0.15) is 37.2 Å². The van der Waals surface area contributed by atoms with Crippen molar-refractivity contribution in [2.75, 3.05) is 18.0 Å². The number of piperidine rings is 1. The van der Waals surface area contributed by atoms with Crippen molar-refractivity contribution in [1.29, 1.82) is 0 Å². The highest BCUT2D eigenvalue weighted by molar-refractivity contribution is 8.26. The molecule has 7 nitrogen and oxygen atoms in total. The van der Waals surface area contributed by atoms with E-state index in [9.17, 15) is 9.59 Å². The van der Waals surface area contributed by atoms with Crippen LogP contribution in [0.4, 0.5) is 5.82 Å². The SMILES string of the molecule is Cc1ccc2nc(N3C[C@@H](C)C[C@H](C)C3)c(/C=C3\SC(=S)N(Cc4ccco4)C3=O)c(=O)n2c1. The summed E-state index contributed by atoms with van der Waals surface area (Å²) >= 11 is 6.68. The van der Waals surface area contributed by atoms with Gasteiger partial charge in [-0.3, -0.25) is 18.9 Å². The number of pyridine rings is 1. The first-order valence-electron chi connectivity index (χ1n) is 11.4.